The summed E-state index contributed by atoms with van der Waals surface area (Å²) >= 11 is 0. The number of β-amino-alcohol motifs (C(OH)–C–C–N with tert-alkyl or cyclic N) is 2. The first kappa shape index (κ1) is 18.7. The number of carbonyl (C=O) groups is 1. The normalized spacial score (nSPS) is 19.3. The Balaban J connectivity index is 1.45. The molecule has 2 heterocycles. The molecule has 2 N–H and O–H groups in total. The van der Waals surface area contributed by atoms with Crippen molar-refractivity contribution in [3.63, 3.8) is 0 Å². The molecule has 1 saturated heterocycles. The van der Waals surface area contributed by atoms with Crippen LogP contribution in [0.4, 0.5) is 0 Å². The fraction of sp³-hybridized carbons (Fsp3) is 0.200. The van der Waals surface area contributed by atoms with E-state index in [2.05, 4.69) is 35.3 Å². The minimum Gasteiger partial charge on any atom is -0.391 e. The van der Waals surface area contributed by atoms with Crippen LogP contribution in [-0.2, 0) is 0 Å². The highest BCUT2D eigenvalue weighted by molar-refractivity contribution is 5.99. The molecule has 0 bridgehead atoms. The Bertz CT molecular complexity index is 1240. The number of carbonyl (C=O) groups excluding carboxylic acids is 1. The molecule has 5 nitrogen and oxygen atoms in total. The maximum absolute atomic E-state index is 12.8. The van der Waals surface area contributed by atoms with Gasteiger partial charge < -0.3 is 15.1 Å². The molecule has 0 aliphatic carbocycles. The summed E-state index contributed by atoms with van der Waals surface area (Å²) in [5, 5.41) is 22.9. The van der Waals surface area contributed by atoms with E-state index in [9.17, 15) is 15.0 Å². The summed E-state index contributed by atoms with van der Waals surface area (Å²) in [6, 6.07) is 22.1. The van der Waals surface area contributed by atoms with Crippen LogP contribution in [-0.4, -0.2) is 51.3 Å². The monoisotopic (exact) mass is 398 g/mol. The van der Waals surface area contributed by atoms with E-state index in [1.165, 1.54) is 4.90 Å². The average Bonchev–Trinajstić information content (AvgIpc) is 2.77. The van der Waals surface area contributed by atoms with Crippen molar-refractivity contribution < 1.29 is 15.0 Å². The van der Waals surface area contributed by atoms with Gasteiger partial charge in [-0.1, -0.05) is 30.3 Å². The number of aliphatic hydroxyl groups excluding tert-OH is 2. The van der Waals surface area contributed by atoms with E-state index in [0.717, 1.165) is 32.8 Å². The Labute approximate surface area is 174 Å². The first-order chi connectivity index (χ1) is 14.6. The van der Waals surface area contributed by atoms with Crippen molar-refractivity contribution in [3.8, 4) is 11.1 Å². The van der Waals surface area contributed by atoms with Crippen molar-refractivity contribution in [2.75, 3.05) is 13.1 Å². The third-order valence-corrected chi connectivity index (χ3v) is 5.72. The van der Waals surface area contributed by atoms with Gasteiger partial charge in [0.15, 0.2) is 0 Å². The second-order valence-electron chi connectivity index (χ2n) is 7.94. The topological polar surface area (TPSA) is 73.7 Å². The molecule has 0 radical (unpaired) electrons. The van der Waals surface area contributed by atoms with Crippen LogP contribution in [0.2, 0.25) is 0 Å². The molecule has 1 aliphatic heterocycles. The lowest BCUT2D eigenvalue weighted by atomic mass is 9.98. The van der Waals surface area contributed by atoms with Crippen LogP contribution < -0.4 is 0 Å². The number of likely N-dealkylation sites (tertiary alicyclic amines) is 1. The summed E-state index contributed by atoms with van der Waals surface area (Å²) < 4.78 is 0. The zero-order chi connectivity index (χ0) is 20.7. The summed E-state index contributed by atoms with van der Waals surface area (Å²) in [5.74, 6) is -0.166. The van der Waals surface area contributed by atoms with Gasteiger partial charge in [-0.15, -0.1) is 0 Å². The van der Waals surface area contributed by atoms with Crippen molar-refractivity contribution in [1.82, 2.24) is 9.88 Å². The Morgan fingerprint density at radius 1 is 0.833 bits per heavy atom. The van der Waals surface area contributed by atoms with Crippen LogP contribution in [0.5, 0.6) is 0 Å². The summed E-state index contributed by atoms with van der Waals surface area (Å²) in [6.07, 6.45) is 0.743. The van der Waals surface area contributed by atoms with Crippen molar-refractivity contribution >= 4 is 27.6 Å². The number of piperidine rings is 1. The molecule has 1 fully saturated rings. The zero-order valence-corrected chi connectivity index (χ0v) is 16.4. The van der Waals surface area contributed by atoms with Gasteiger partial charge in [-0.3, -0.25) is 9.78 Å². The van der Waals surface area contributed by atoms with E-state index in [1.807, 2.05) is 36.4 Å². The first-order valence-electron chi connectivity index (χ1n) is 10.1. The van der Waals surface area contributed by atoms with Gasteiger partial charge in [-0.2, -0.15) is 0 Å². The molecule has 1 amide bonds. The van der Waals surface area contributed by atoms with E-state index in [-0.39, 0.29) is 19.0 Å². The number of hydrogen-bond donors (Lipinski definition) is 2. The molecule has 0 saturated carbocycles. The molecule has 5 heteroatoms. The highest BCUT2D eigenvalue weighted by atomic mass is 16.3. The number of pyridine rings is 1. The molecular weight excluding hydrogens is 376 g/mol. The lowest BCUT2D eigenvalue weighted by molar-refractivity contribution is -0.00383. The van der Waals surface area contributed by atoms with Crippen LogP contribution in [0.1, 0.15) is 16.8 Å². The molecule has 5 rings (SSSR count). The van der Waals surface area contributed by atoms with Gasteiger partial charge in [0.05, 0.1) is 17.7 Å². The highest BCUT2D eigenvalue weighted by Gasteiger charge is 2.28. The Hall–Kier alpha value is -3.28. The van der Waals surface area contributed by atoms with Gasteiger partial charge in [-0.05, 0) is 58.3 Å². The van der Waals surface area contributed by atoms with Crippen LogP contribution in [0, 0.1) is 0 Å². The van der Waals surface area contributed by atoms with Crippen LogP contribution >= 0.6 is 0 Å². The number of nitrogens with zero attached hydrogens (tertiary/aromatic N) is 2. The highest BCUT2D eigenvalue weighted by Crippen LogP contribution is 2.28. The van der Waals surface area contributed by atoms with Crippen LogP contribution in [0.15, 0.2) is 72.9 Å². The third kappa shape index (κ3) is 3.54. The van der Waals surface area contributed by atoms with E-state index in [1.54, 1.807) is 6.20 Å². The number of rotatable bonds is 2. The molecule has 4 aromatic rings. The van der Waals surface area contributed by atoms with Gasteiger partial charge in [0.25, 0.3) is 5.91 Å². The van der Waals surface area contributed by atoms with Gasteiger partial charge in [-0.25, -0.2) is 0 Å². The fourth-order valence-electron chi connectivity index (χ4n) is 4.21. The predicted molar refractivity (Wildman–Crippen MR) is 117 cm³/mol. The molecular formula is C25H22N2O3. The molecule has 3 aromatic carbocycles. The largest absolute Gasteiger partial charge is 0.391 e. The Kier molecular flexibility index (Phi) is 4.69. The fourth-order valence-corrected chi connectivity index (χ4v) is 4.21. The van der Waals surface area contributed by atoms with Crippen molar-refractivity contribution in [3.05, 3.63) is 78.5 Å². The number of aromatic nitrogens is 1. The minimum absolute atomic E-state index is 0.166. The standard InChI is InChI=1S/C25H22N2O3/c28-22-13-23(29)15-27(14-22)25(30)21-6-5-17-10-16(3-4-18(17)12-21)19-7-8-24-20(11-19)2-1-9-26-24/h1-12,22-23,28-29H,13-15H2/t22-,23-/m1/s1. The number of hydrogen-bond acceptors (Lipinski definition) is 4. The van der Waals surface area contributed by atoms with Gasteiger partial charge in [0, 0.05) is 36.7 Å². The third-order valence-electron chi connectivity index (χ3n) is 5.72. The number of aliphatic hydroxyl groups is 2. The van der Waals surface area contributed by atoms with Gasteiger partial charge in [0.2, 0.25) is 0 Å². The minimum atomic E-state index is -0.683. The lowest BCUT2D eigenvalue weighted by Gasteiger charge is -2.33. The molecule has 0 spiro atoms. The average molecular weight is 398 g/mol. The lowest BCUT2D eigenvalue weighted by Crippen LogP contribution is -2.48. The molecule has 150 valence electrons. The summed E-state index contributed by atoms with van der Waals surface area (Å²) in [5.41, 5.74) is 3.76. The Morgan fingerprint density at radius 3 is 2.30 bits per heavy atom. The Morgan fingerprint density at radius 2 is 1.50 bits per heavy atom. The van der Waals surface area contributed by atoms with Crippen molar-refractivity contribution in [1.29, 1.82) is 0 Å². The summed E-state index contributed by atoms with van der Waals surface area (Å²) in [6.45, 7) is 0.507. The van der Waals surface area contributed by atoms with Gasteiger partial charge >= 0.3 is 0 Å². The molecule has 1 aliphatic rings. The molecule has 30 heavy (non-hydrogen) atoms. The maximum Gasteiger partial charge on any atom is 0.254 e. The smallest absolute Gasteiger partial charge is 0.254 e. The second-order valence-corrected chi connectivity index (χ2v) is 7.94. The van der Waals surface area contributed by atoms with Crippen LogP contribution in [0.3, 0.4) is 0 Å². The van der Waals surface area contributed by atoms with E-state index >= 15 is 0 Å². The maximum atomic E-state index is 12.8. The van der Waals surface area contributed by atoms with E-state index in [4.69, 9.17) is 0 Å². The first-order valence-corrected chi connectivity index (χ1v) is 10.1. The van der Waals surface area contributed by atoms with E-state index in [0.29, 0.717) is 12.0 Å². The molecule has 2 atom stereocenters. The van der Waals surface area contributed by atoms with Crippen molar-refractivity contribution in [2.45, 2.75) is 18.6 Å². The van der Waals surface area contributed by atoms with Gasteiger partial charge in [0.1, 0.15) is 0 Å². The summed E-state index contributed by atoms with van der Waals surface area (Å²) in [7, 11) is 0. The predicted octanol–water partition coefficient (Wildman–Crippen LogP) is 3.62. The quantitative estimate of drug-likeness (QED) is 0.541. The van der Waals surface area contributed by atoms with Crippen molar-refractivity contribution in [2.24, 2.45) is 0 Å². The van der Waals surface area contributed by atoms with E-state index < -0.39 is 12.2 Å². The number of amides is 1. The van der Waals surface area contributed by atoms with Crippen LogP contribution in [0.25, 0.3) is 32.8 Å². The zero-order valence-electron chi connectivity index (χ0n) is 16.4. The SMILES string of the molecule is O=C(c1ccc2cc(-c3ccc4ncccc4c3)ccc2c1)N1C[C@H](O)C[C@@H](O)C1. The molecule has 0 unspecified atom stereocenters. The number of benzene rings is 3. The molecule has 1 aromatic heterocycles. The second kappa shape index (κ2) is 7.52. The summed E-state index contributed by atoms with van der Waals surface area (Å²) in [4.78, 5) is 18.7. The number of fused-ring (bicyclic) bond motifs is 2.